The van der Waals surface area contributed by atoms with Gasteiger partial charge in [-0.3, -0.25) is 4.79 Å². The highest BCUT2D eigenvalue weighted by atomic mass is 32.2. The van der Waals surface area contributed by atoms with E-state index in [0.29, 0.717) is 11.7 Å². The zero-order valence-corrected chi connectivity index (χ0v) is 14.6. The van der Waals surface area contributed by atoms with Gasteiger partial charge in [0.1, 0.15) is 5.75 Å². The lowest BCUT2D eigenvalue weighted by molar-refractivity contribution is -0.274. The van der Waals surface area contributed by atoms with Crippen molar-refractivity contribution >= 4 is 23.4 Å². The maximum Gasteiger partial charge on any atom is 0.573 e. The van der Waals surface area contributed by atoms with Gasteiger partial charge in [0, 0.05) is 24.1 Å². The molecule has 1 amide bonds. The molecule has 3 rings (SSSR count). The lowest BCUT2D eigenvalue weighted by atomic mass is 10.2. The van der Waals surface area contributed by atoms with Gasteiger partial charge in [0.15, 0.2) is 5.16 Å². The normalized spacial score (nSPS) is 15.2. The summed E-state index contributed by atoms with van der Waals surface area (Å²) in [4.78, 5) is 16.4. The molecule has 140 valence electrons. The number of rotatable bonds is 6. The molecule has 26 heavy (non-hydrogen) atoms. The number of carbonyl (C=O) groups is 1. The second-order valence-corrected chi connectivity index (χ2v) is 6.91. The highest BCUT2D eigenvalue weighted by molar-refractivity contribution is 7.99. The average molecular weight is 385 g/mol. The Morgan fingerprint density at radius 3 is 2.62 bits per heavy atom. The Bertz CT molecular complexity index is 740. The van der Waals surface area contributed by atoms with E-state index in [1.165, 1.54) is 36.7 Å². The number of anilines is 1. The molecular formula is C17H18F3N3O2S. The maximum absolute atomic E-state index is 12.1. The Hall–Kier alpha value is -2.16. The van der Waals surface area contributed by atoms with Gasteiger partial charge in [0.2, 0.25) is 5.91 Å². The molecule has 1 aliphatic carbocycles. The fraction of sp³-hybridized carbons (Fsp3) is 0.412. The molecule has 0 atom stereocenters. The van der Waals surface area contributed by atoms with Gasteiger partial charge in [-0.25, -0.2) is 4.98 Å². The summed E-state index contributed by atoms with van der Waals surface area (Å²) in [5.41, 5.74) is 0.407. The molecule has 0 aliphatic heterocycles. The van der Waals surface area contributed by atoms with Crippen LogP contribution in [0, 0.1) is 0 Å². The van der Waals surface area contributed by atoms with Crippen LogP contribution in [-0.4, -0.2) is 27.6 Å². The number of benzene rings is 1. The van der Waals surface area contributed by atoms with Crippen LogP contribution in [0.15, 0.2) is 41.8 Å². The zero-order chi connectivity index (χ0) is 18.6. The summed E-state index contributed by atoms with van der Waals surface area (Å²) in [6, 6.07) is 5.49. The smallest absolute Gasteiger partial charge is 0.406 e. The minimum absolute atomic E-state index is 0.171. The van der Waals surface area contributed by atoms with Crippen molar-refractivity contribution in [2.75, 3.05) is 11.1 Å². The monoisotopic (exact) mass is 385 g/mol. The van der Waals surface area contributed by atoms with Gasteiger partial charge < -0.3 is 14.6 Å². The van der Waals surface area contributed by atoms with E-state index < -0.39 is 6.36 Å². The van der Waals surface area contributed by atoms with Gasteiger partial charge in [-0.1, -0.05) is 24.6 Å². The number of halogens is 3. The van der Waals surface area contributed by atoms with Crippen molar-refractivity contribution in [3.63, 3.8) is 0 Å². The van der Waals surface area contributed by atoms with Crippen LogP contribution in [0.2, 0.25) is 0 Å². The summed E-state index contributed by atoms with van der Waals surface area (Å²) in [6.45, 7) is 0. The number of thioether (sulfide) groups is 1. The number of nitrogens with one attached hydrogen (secondary N) is 1. The van der Waals surface area contributed by atoms with E-state index in [4.69, 9.17) is 0 Å². The van der Waals surface area contributed by atoms with Crippen LogP contribution >= 0.6 is 11.8 Å². The largest absolute Gasteiger partial charge is 0.573 e. The van der Waals surface area contributed by atoms with Gasteiger partial charge in [0.25, 0.3) is 0 Å². The topological polar surface area (TPSA) is 56.2 Å². The van der Waals surface area contributed by atoms with Crippen molar-refractivity contribution < 1.29 is 22.7 Å². The number of amides is 1. The number of imidazole rings is 1. The van der Waals surface area contributed by atoms with Crippen molar-refractivity contribution in [1.29, 1.82) is 0 Å². The molecule has 1 aliphatic rings. The molecular weight excluding hydrogens is 367 g/mol. The Kier molecular flexibility index (Phi) is 5.75. The number of hydrogen-bond donors (Lipinski definition) is 1. The first-order valence-corrected chi connectivity index (χ1v) is 9.20. The first-order valence-electron chi connectivity index (χ1n) is 8.22. The molecule has 1 heterocycles. The minimum atomic E-state index is -4.73. The van der Waals surface area contributed by atoms with Crippen LogP contribution in [0.25, 0.3) is 0 Å². The molecule has 0 spiro atoms. The number of aromatic nitrogens is 2. The minimum Gasteiger partial charge on any atom is -0.406 e. The van der Waals surface area contributed by atoms with Gasteiger partial charge in [-0.2, -0.15) is 0 Å². The number of alkyl halides is 3. The summed E-state index contributed by atoms with van der Waals surface area (Å²) in [5.74, 6) is -0.409. The molecule has 1 aromatic heterocycles. The molecule has 0 radical (unpaired) electrons. The number of nitrogens with zero attached hydrogens (tertiary/aromatic N) is 2. The molecule has 0 saturated heterocycles. The van der Waals surface area contributed by atoms with E-state index >= 15 is 0 Å². The van der Waals surface area contributed by atoms with Gasteiger partial charge >= 0.3 is 6.36 Å². The van der Waals surface area contributed by atoms with Gasteiger partial charge in [-0.05, 0) is 37.1 Å². The molecule has 1 aromatic carbocycles. The van der Waals surface area contributed by atoms with Crippen molar-refractivity contribution in [3.8, 4) is 5.75 Å². The van der Waals surface area contributed by atoms with E-state index in [1.54, 1.807) is 6.20 Å². The molecule has 5 nitrogen and oxygen atoms in total. The summed E-state index contributed by atoms with van der Waals surface area (Å²) < 4.78 is 42.3. The van der Waals surface area contributed by atoms with E-state index in [1.807, 2.05) is 6.20 Å². The Morgan fingerprint density at radius 1 is 1.27 bits per heavy atom. The number of ether oxygens (including phenoxy) is 1. The molecule has 0 unspecified atom stereocenters. The number of carbonyl (C=O) groups excluding carboxylic acids is 1. The molecule has 2 aromatic rings. The highest BCUT2D eigenvalue weighted by Crippen LogP contribution is 2.32. The first-order chi connectivity index (χ1) is 12.4. The van der Waals surface area contributed by atoms with Gasteiger partial charge in [-0.15, -0.1) is 13.2 Å². The molecule has 9 heteroatoms. The van der Waals surface area contributed by atoms with Crippen molar-refractivity contribution in [2.24, 2.45) is 0 Å². The molecule has 1 fully saturated rings. The third kappa shape index (κ3) is 5.17. The van der Waals surface area contributed by atoms with Crippen LogP contribution in [0.3, 0.4) is 0 Å². The SMILES string of the molecule is O=C(CSc1nccn1C1CCCC1)Nc1ccc(OC(F)(F)F)cc1. The molecule has 1 saturated carbocycles. The average Bonchev–Trinajstić information content (AvgIpc) is 3.24. The fourth-order valence-electron chi connectivity index (χ4n) is 2.94. The first kappa shape index (κ1) is 18.6. The van der Waals surface area contributed by atoms with Crippen LogP contribution in [0.5, 0.6) is 5.75 Å². The maximum atomic E-state index is 12.1. The Balaban J connectivity index is 1.51. The summed E-state index contributed by atoms with van der Waals surface area (Å²) in [5, 5.41) is 3.46. The zero-order valence-electron chi connectivity index (χ0n) is 13.8. The third-order valence-corrected chi connectivity index (χ3v) is 5.04. The molecule has 1 N–H and O–H groups in total. The van der Waals surface area contributed by atoms with Crippen molar-refractivity contribution in [2.45, 2.75) is 43.2 Å². The van der Waals surface area contributed by atoms with E-state index in [2.05, 4.69) is 19.6 Å². The lowest BCUT2D eigenvalue weighted by Crippen LogP contribution is -2.17. The van der Waals surface area contributed by atoms with Crippen molar-refractivity contribution in [1.82, 2.24) is 9.55 Å². The van der Waals surface area contributed by atoms with Crippen molar-refractivity contribution in [3.05, 3.63) is 36.7 Å². The van der Waals surface area contributed by atoms with Crippen LogP contribution in [-0.2, 0) is 4.79 Å². The lowest BCUT2D eigenvalue weighted by Gasteiger charge is -2.14. The Labute approximate surface area is 152 Å². The standard InChI is InChI=1S/C17H18F3N3O2S/c18-17(19,20)25-14-7-5-12(6-8-14)22-15(24)11-26-16-21-9-10-23(16)13-3-1-2-4-13/h5-10,13H,1-4,11H2,(H,22,24). The van der Waals surface area contributed by atoms with E-state index in [0.717, 1.165) is 30.1 Å². The summed E-state index contributed by atoms with van der Waals surface area (Å²) in [6.07, 6.45) is 3.62. The van der Waals surface area contributed by atoms with E-state index in [9.17, 15) is 18.0 Å². The predicted octanol–water partition coefficient (Wildman–Crippen LogP) is 4.63. The summed E-state index contributed by atoms with van der Waals surface area (Å²) in [7, 11) is 0. The number of hydrogen-bond acceptors (Lipinski definition) is 4. The second-order valence-electron chi connectivity index (χ2n) is 5.96. The van der Waals surface area contributed by atoms with Crippen LogP contribution in [0.4, 0.5) is 18.9 Å². The Morgan fingerprint density at radius 2 is 1.96 bits per heavy atom. The van der Waals surface area contributed by atoms with Crippen LogP contribution in [0.1, 0.15) is 31.7 Å². The van der Waals surface area contributed by atoms with E-state index in [-0.39, 0.29) is 17.4 Å². The van der Waals surface area contributed by atoms with Crippen LogP contribution < -0.4 is 10.1 Å². The quantitative estimate of drug-likeness (QED) is 0.737. The summed E-state index contributed by atoms with van der Waals surface area (Å²) >= 11 is 1.35. The molecule has 0 bridgehead atoms. The van der Waals surface area contributed by atoms with Gasteiger partial charge in [0.05, 0.1) is 5.75 Å². The second kappa shape index (κ2) is 8.03. The predicted molar refractivity (Wildman–Crippen MR) is 92.2 cm³/mol. The third-order valence-electron chi connectivity index (χ3n) is 4.06. The highest BCUT2D eigenvalue weighted by Gasteiger charge is 2.31. The fourth-order valence-corrected chi connectivity index (χ4v) is 3.77.